The van der Waals surface area contributed by atoms with Crippen molar-refractivity contribution in [2.75, 3.05) is 13.2 Å². The van der Waals surface area contributed by atoms with Crippen LogP contribution in [0.4, 0.5) is 4.79 Å². The molecule has 0 radical (unpaired) electrons. The Morgan fingerprint density at radius 1 is 1.00 bits per heavy atom. The second-order valence-corrected chi connectivity index (χ2v) is 7.65. The van der Waals surface area contributed by atoms with Gasteiger partial charge in [-0.1, -0.05) is 60.7 Å². The summed E-state index contributed by atoms with van der Waals surface area (Å²) in [6.07, 6.45) is -4.99. The van der Waals surface area contributed by atoms with Gasteiger partial charge in [-0.3, -0.25) is 0 Å². The molecule has 32 heavy (non-hydrogen) atoms. The van der Waals surface area contributed by atoms with Gasteiger partial charge < -0.3 is 40.0 Å². The molecule has 4 rings (SSSR count). The van der Waals surface area contributed by atoms with Crippen molar-refractivity contribution < 1.29 is 39.4 Å². The Kier molecular flexibility index (Phi) is 8.57. The normalized spacial score (nSPS) is 29.3. The van der Waals surface area contributed by atoms with E-state index in [1.165, 1.54) is 0 Å². The van der Waals surface area contributed by atoms with Gasteiger partial charge >= 0.3 is 6.09 Å². The Hall–Kier alpha value is -2.53. The largest absolute Gasteiger partial charge is 0.445 e. The topological polar surface area (TPSA) is 138 Å². The van der Waals surface area contributed by atoms with E-state index in [0.29, 0.717) is 6.42 Å². The standard InChI is InChI=1S/C23H27NO7.H2O/c25-19-17(11-12-24-23(27)29-13-15-7-3-1-4-8-15)30-18-14-28-22(31-21(18)20(19)26)16-9-5-2-6-10-16;/h1-10,17-22,25-26H,11-14H2,(H,24,27);1H2/t17-,18+,19-,20+,21+,22?;/m0./s1. The van der Waals surface area contributed by atoms with Crippen LogP contribution >= 0.6 is 0 Å². The maximum absolute atomic E-state index is 11.9. The van der Waals surface area contributed by atoms with Crippen molar-refractivity contribution in [1.29, 1.82) is 0 Å². The Balaban J connectivity index is 0.00000289. The SMILES string of the molecule is O.O=C(NCC[C@@H]1O[C@@H]2COC(c3ccccc3)O[C@H]2[C@H](O)[C@H]1O)OCc1ccccc1. The highest BCUT2D eigenvalue weighted by molar-refractivity contribution is 5.67. The lowest BCUT2D eigenvalue weighted by atomic mass is 9.92. The minimum Gasteiger partial charge on any atom is -0.445 e. The van der Waals surface area contributed by atoms with Crippen LogP contribution in [0, 0.1) is 0 Å². The van der Waals surface area contributed by atoms with Crippen LogP contribution in [0.5, 0.6) is 0 Å². The van der Waals surface area contributed by atoms with Gasteiger partial charge in [0, 0.05) is 12.1 Å². The molecule has 174 valence electrons. The van der Waals surface area contributed by atoms with Crippen molar-refractivity contribution in [3.63, 3.8) is 0 Å². The van der Waals surface area contributed by atoms with E-state index in [0.717, 1.165) is 11.1 Å². The van der Waals surface area contributed by atoms with Crippen molar-refractivity contribution in [3.8, 4) is 0 Å². The summed E-state index contributed by atoms with van der Waals surface area (Å²) in [5.74, 6) is 0. The molecule has 0 spiro atoms. The molecule has 2 aliphatic heterocycles. The summed E-state index contributed by atoms with van der Waals surface area (Å²) in [7, 11) is 0. The number of hydrogen-bond acceptors (Lipinski definition) is 7. The number of amides is 1. The van der Waals surface area contributed by atoms with Crippen molar-refractivity contribution in [2.24, 2.45) is 0 Å². The Morgan fingerprint density at radius 3 is 2.41 bits per heavy atom. The second kappa shape index (κ2) is 11.4. The van der Waals surface area contributed by atoms with Crippen molar-refractivity contribution in [1.82, 2.24) is 5.32 Å². The molecule has 0 aliphatic carbocycles. The highest BCUT2D eigenvalue weighted by Gasteiger charge is 2.48. The highest BCUT2D eigenvalue weighted by atomic mass is 16.7. The number of hydrogen-bond donors (Lipinski definition) is 3. The summed E-state index contributed by atoms with van der Waals surface area (Å²) in [5, 5.41) is 23.8. The van der Waals surface area contributed by atoms with Crippen LogP contribution in [0.3, 0.4) is 0 Å². The zero-order valence-corrected chi connectivity index (χ0v) is 17.5. The van der Waals surface area contributed by atoms with E-state index >= 15 is 0 Å². The van der Waals surface area contributed by atoms with E-state index in [1.807, 2.05) is 60.7 Å². The number of nitrogens with one attached hydrogen (secondary N) is 1. The highest BCUT2D eigenvalue weighted by Crippen LogP contribution is 2.34. The van der Waals surface area contributed by atoms with Gasteiger partial charge in [-0.15, -0.1) is 0 Å². The summed E-state index contributed by atoms with van der Waals surface area (Å²) in [6.45, 7) is 0.639. The zero-order chi connectivity index (χ0) is 21.6. The first-order valence-corrected chi connectivity index (χ1v) is 10.4. The molecule has 0 bridgehead atoms. The van der Waals surface area contributed by atoms with Gasteiger partial charge in [0.1, 0.15) is 31.0 Å². The predicted octanol–water partition coefficient (Wildman–Crippen LogP) is 1.08. The van der Waals surface area contributed by atoms with Crippen molar-refractivity contribution in [3.05, 3.63) is 71.8 Å². The molecule has 2 aliphatic rings. The fourth-order valence-electron chi connectivity index (χ4n) is 3.80. The van der Waals surface area contributed by atoms with E-state index in [4.69, 9.17) is 18.9 Å². The van der Waals surface area contributed by atoms with Gasteiger partial charge in [0.2, 0.25) is 0 Å². The van der Waals surface area contributed by atoms with Crippen LogP contribution in [0.2, 0.25) is 0 Å². The van der Waals surface area contributed by atoms with Crippen LogP contribution in [0.25, 0.3) is 0 Å². The molecule has 0 aromatic heterocycles. The molecular formula is C23H29NO8. The predicted molar refractivity (Wildman–Crippen MR) is 114 cm³/mol. The molecule has 0 saturated carbocycles. The molecule has 2 aromatic rings. The Labute approximate surface area is 186 Å². The molecule has 1 unspecified atom stereocenters. The van der Waals surface area contributed by atoms with Crippen LogP contribution in [0.1, 0.15) is 23.8 Å². The summed E-state index contributed by atoms with van der Waals surface area (Å²) in [6, 6.07) is 18.8. The summed E-state index contributed by atoms with van der Waals surface area (Å²) < 4.78 is 22.7. The number of fused-ring (bicyclic) bond motifs is 1. The average molecular weight is 447 g/mol. The molecule has 2 fully saturated rings. The fourth-order valence-corrected chi connectivity index (χ4v) is 3.80. The first-order valence-electron chi connectivity index (χ1n) is 10.4. The zero-order valence-electron chi connectivity index (χ0n) is 17.5. The summed E-state index contributed by atoms with van der Waals surface area (Å²) in [4.78, 5) is 11.9. The smallest absolute Gasteiger partial charge is 0.407 e. The monoisotopic (exact) mass is 447 g/mol. The first-order chi connectivity index (χ1) is 15.1. The lowest BCUT2D eigenvalue weighted by Crippen LogP contribution is -2.62. The lowest BCUT2D eigenvalue weighted by Gasteiger charge is -2.46. The van der Waals surface area contributed by atoms with Crippen molar-refractivity contribution in [2.45, 2.75) is 49.8 Å². The number of aliphatic hydroxyl groups excluding tert-OH is 2. The minimum atomic E-state index is -1.14. The second-order valence-electron chi connectivity index (χ2n) is 7.65. The van der Waals surface area contributed by atoms with Crippen LogP contribution in [-0.4, -0.2) is 65.5 Å². The van der Waals surface area contributed by atoms with Gasteiger partial charge in [-0.05, 0) is 12.0 Å². The molecule has 2 saturated heterocycles. The molecule has 5 N–H and O–H groups in total. The average Bonchev–Trinajstić information content (AvgIpc) is 2.82. The number of alkyl carbamates (subject to hydrolysis) is 1. The summed E-state index contributed by atoms with van der Waals surface area (Å²) >= 11 is 0. The van der Waals surface area contributed by atoms with Gasteiger partial charge in [-0.2, -0.15) is 0 Å². The molecular weight excluding hydrogens is 418 g/mol. The van der Waals surface area contributed by atoms with E-state index in [1.54, 1.807) is 0 Å². The van der Waals surface area contributed by atoms with Gasteiger partial charge in [0.15, 0.2) is 6.29 Å². The molecule has 9 heteroatoms. The fraction of sp³-hybridized carbons (Fsp3) is 0.435. The maximum Gasteiger partial charge on any atom is 0.407 e. The van der Waals surface area contributed by atoms with E-state index in [-0.39, 0.29) is 25.2 Å². The minimum absolute atomic E-state index is 0. The van der Waals surface area contributed by atoms with Crippen molar-refractivity contribution >= 4 is 6.09 Å². The van der Waals surface area contributed by atoms with Crippen LogP contribution < -0.4 is 5.32 Å². The van der Waals surface area contributed by atoms with Crippen LogP contribution in [0.15, 0.2) is 60.7 Å². The number of ether oxygens (including phenoxy) is 4. The van der Waals surface area contributed by atoms with Gasteiger partial charge in [0.05, 0.1) is 12.7 Å². The van der Waals surface area contributed by atoms with E-state index in [9.17, 15) is 15.0 Å². The van der Waals surface area contributed by atoms with Gasteiger partial charge in [0.25, 0.3) is 0 Å². The lowest BCUT2D eigenvalue weighted by molar-refractivity contribution is -0.328. The molecule has 9 nitrogen and oxygen atoms in total. The Morgan fingerprint density at radius 2 is 1.69 bits per heavy atom. The quantitative estimate of drug-likeness (QED) is 0.602. The third kappa shape index (κ3) is 5.83. The molecule has 2 aromatic carbocycles. The van der Waals surface area contributed by atoms with E-state index in [2.05, 4.69) is 5.32 Å². The Bertz CT molecular complexity index is 834. The summed E-state index contributed by atoms with van der Waals surface area (Å²) in [5.41, 5.74) is 1.73. The number of benzene rings is 2. The number of aliphatic hydroxyl groups is 2. The first kappa shape index (κ1) is 24.1. The molecule has 2 heterocycles. The number of rotatable bonds is 6. The van der Waals surface area contributed by atoms with E-state index < -0.39 is 42.9 Å². The third-order valence-electron chi connectivity index (χ3n) is 5.46. The van der Waals surface area contributed by atoms with Crippen LogP contribution in [-0.2, 0) is 25.6 Å². The number of carbonyl (C=O) groups is 1. The maximum atomic E-state index is 11.9. The molecule has 1 amide bonds. The number of carbonyl (C=O) groups excluding carboxylic acids is 1. The molecule has 6 atom stereocenters. The third-order valence-corrected chi connectivity index (χ3v) is 5.46. The van der Waals surface area contributed by atoms with Gasteiger partial charge in [-0.25, -0.2) is 4.79 Å².